The Hall–Kier alpha value is -6.26. The third kappa shape index (κ3) is 5.47. The Balaban J connectivity index is 1.10. The number of aryl methyl sites for hydroxylation is 2. The number of imidazole rings is 2. The van der Waals surface area contributed by atoms with Crippen LogP contribution in [0.4, 0.5) is 0 Å². The Morgan fingerprint density at radius 2 is 1.08 bits per heavy atom. The van der Waals surface area contributed by atoms with Crippen molar-refractivity contribution < 1.29 is 0 Å². The van der Waals surface area contributed by atoms with Gasteiger partial charge >= 0.3 is 0 Å². The zero-order chi connectivity index (χ0) is 33.5. The van der Waals surface area contributed by atoms with E-state index >= 15 is 0 Å². The van der Waals surface area contributed by atoms with Gasteiger partial charge in [0.2, 0.25) is 0 Å². The monoisotopic (exact) mass is 632 g/mol. The van der Waals surface area contributed by atoms with Crippen molar-refractivity contribution in [3.63, 3.8) is 0 Å². The zero-order valence-corrected chi connectivity index (χ0v) is 27.9. The van der Waals surface area contributed by atoms with E-state index in [-0.39, 0.29) is 0 Å². The van der Waals surface area contributed by atoms with Crippen molar-refractivity contribution in [3.8, 4) is 33.6 Å². The molecule has 4 heteroatoms. The second kappa shape index (κ2) is 12.4. The van der Waals surface area contributed by atoms with Gasteiger partial charge in [-0.25, -0.2) is 9.97 Å². The van der Waals surface area contributed by atoms with E-state index in [9.17, 15) is 0 Å². The molecule has 0 spiro atoms. The molecule has 49 heavy (non-hydrogen) atoms. The van der Waals surface area contributed by atoms with E-state index in [0.29, 0.717) is 0 Å². The second-order valence-corrected chi connectivity index (χ2v) is 12.5. The number of allylic oxidation sites excluding steroid dienone is 5. The zero-order valence-electron chi connectivity index (χ0n) is 27.9. The average Bonchev–Trinajstić information content (AvgIpc) is 3.67. The van der Waals surface area contributed by atoms with E-state index in [1.165, 1.54) is 27.5 Å². The van der Waals surface area contributed by atoms with Gasteiger partial charge in [-0.3, -0.25) is 0 Å². The Morgan fingerprint density at radius 3 is 1.65 bits per heavy atom. The fourth-order valence-corrected chi connectivity index (χ4v) is 6.77. The van der Waals surface area contributed by atoms with Crippen molar-refractivity contribution in [2.45, 2.75) is 6.92 Å². The largest absolute Gasteiger partial charge is 0.327 e. The molecule has 0 N–H and O–H groups in total. The summed E-state index contributed by atoms with van der Waals surface area (Å²) in [4.78, 5) is 9.79. The van der Waals surface area contributed by atoms with Crippen LogP contribution in [0.2, 0.25) is 0 Å². The summed E-state index contributed by atoms with van der Waals surface area (Å²) in [6.45, 7) is 6.45. The van der Waals surface area contributed by atoms with E-state index in [4.69, 9.17) is 9.97 Å². The lowest BCUT2D eigenvalue weighted by atomic mass is 9.90. The molecule has 0 saturated carbocycles. The van der Waals surface area contributed by atoms with Crippen LogP contribution in [0.3, 0.4) is 0 Å². The number of rotatable bonds is 7. The summed E-state index contributed by atoms with van der Waals surface area (Å²) in [6, 6.07) is 47.2. The molecule has 0 bridgehead atoms. The van der Waals surface area contributed by atoms with E-state index in [2.05, 4.69) is 163 Å². The van der Waals surface area contributed by atoms with Crippen LogP contribution in [-0.4, -0.2) is 19.1 Å². The highest BCUT2D eigenvalue weighted by atomic mass is 15.1. The molecule has 4 nitrogen and oxygen atoms in total. The first kappa shape index (κ1) is 30.1. The summed E-state index contributed by atoms with van der Waals surface area (Å²) in [5.74, 6) is 1.90. The van der Waals surface area contributed by atoms with Crippen molar-refractivity contribution in [2.75, 3.05) is 0 Å². The third-order valence-corrected chi connectivity index (χ3v) is 9.51. The van der Waals surface area contributed by atoms with Crippen molar-refractivity contribution in [3.05, 3.63) is 170 Å². The molecule has 0 aliphatic rings. The minimum Gasteiger partial charge on any atom is -0.327 e. The molecule has 0 aliphatic carbocycles. The molecule has 8 rings (SSSR count). The van der Waals surface area contributed by atoms with Gasteiger partial charge in [0, 0.05) is 25.2 Å². The molecular formula is C45H36N4. The van der Waals surface area contributed by atoms with Gasteiger partial charge in [-0.1, -0.05) is 122 Å². The molecule has 0 saturated heterocycles. The van der Waals surface area contributed by atoms with Crippen LogP contribution in [0.15, 0.2) is 158 Å². The average molecular weight is 633 g/mol. The third-order valence-electron chi connectivity index (χ3n) is 9.51. The molecule has 8 aromatic rings. The van der Waals surface area contributed by atoms with E-state index in [0.717, 1.165) is 61.6 Å². The summed E-state index contributed by atoms with van der Waals surface area (Å²) in [6.07, 6.45) is 6.29. The maximum Gasteiger partial charge on any atom is 0.140 e. The molecule has 0 amide bonds. The maximum atomic E-state index is 4.91. The van der Waals surface area contributed by atoms with Crippen molar-refractivity contribution >= 4 is 44.0 Å². The Bertz CT molecular complexity index is 2570. The van der Waals surface area contributed by atoms with Crippen molar-refractivity contribution in [1.82, 2.24) is 19.1 Å². The van der Waals surface area contributed by atoms with Crippen LogP contribution in [0.5, 0.6) is 0 Å². The van der Waals surface area contributed by atoms with Gasteiger partial charge in [-0.15, -0.1) is 0 Å². The Labute approximate surface area is 286 Å². The molecule has 2 heterocycles. The lowest BCUT2D eigenvalue weighted by Crippen LogP contribution is -1.95. The summed E-state index contributed by atoms with van der Waals surface area (Å²) in [5, 5.41) is 2.44. The summed E-state index contributed by atoms with van der Waals surface area (Å²) in [5.41, 5.74) is 13.1. The summed E-state index contributed by atoms with van der Waals surface area (Å²) in [7, 11) is 4.14. The molecule has 2 aromatic heterocycles. The fraction of sp³-hybridized carbons (Fsp3) is 0.0667. The van der Waals surface area contributed by atoms with Gasteiger partial charge in [0.25, 0.3) is 0 Å². The minimum absolute atomic E-state index is 0.938. The molecule has 0 fully saturated rings. The van der Waals surface area contributed by atoms with Gasteiger partial charge in [0.15, 0.2) is 0 Å². The minimum atomic E-state index is 0.938. The van der Waals surface area contributed by atoms with Gasteiger partial charge in [-0.05, 0) is 87.5 Å². The first-order valence-electron chi connectivity index (χ1n) is 16.6. The summed E-state index contributed by atoms with van der Waals surface area (Å²) < 4.78 is 4.30. The predicted octanol–water partition coefficient (Wildman–Crippen LogP) is 11.3. The number of para-hydroxylation sites is 4. The fourth-order valence-electron chi connectivity index (χ4n) is 6.77. The van der Waals surface area contributed by atoms with E-state index in [1.807, 2.05) is 25.1 Å². The standard InChI is InChI=1S/C45H36N4/c1-5-31(44-46-40-14-8-10-16-42(40)48(44)3)19-18-30(2)32-20-22-33(23-21-32)38-28-36-12-6-7-13-37(36)29-39(38)34-24-26-35(27-25-34)45-47-41-15-9-11-17-43(41)49(45)4/h5-29H,2H2,1,3-4H3/b19-18-,31-5+. The highest BCUT2D eigenvalue weighted by Crippen LogP contribution is 2.37. The molecule has 0 aliphatic heterocycles. The van der Waals surface area contributed by atoms with Crippen LogP contribution < -0.4 is 0 Å². The van der Waals surface area contributed by atoms with Crippen LogP contribution >= 0.6 is 0 Å². The second-order valence-electron chi connectivity index (χ2n) is 12.5. The number of hydrogen-bond donors (Lipinski definition) is 0. The van der Waals surface area contributed by atoms with Gasteiger partial charge in [0.1, 0.15) is 11.6 Å². The van der Waals surface area contributed by atoms with Gasteiger partial charge < -0.3 is 9.13 Å². The normalized spacial score (nSPS) is 12.1. The van der Waals surface area contributed by atoms with Crippen LogP contribution in [0, 0.1) is 0 Å². The van der Waals surface area contributed by atoms with Crippen molar-refractivity contribution in [2.24, 2.45) is 14.1 Å². The number of aromatic nitrogens is 4. The first-order valence-corrected chi connectivity index (χ1v) is 16.6. The smallest absolute Gasteiger partial charge is 0.140 e. The van der Waals surface area contributed by atoms with E-state index < -0.39 is 0 Å². The van der Waals surface area contributed by atoms with Crippen LogP contribution in [-0.2, 0) is 14.1 Å². The predicted molar refractivity (Wildman–Crippen MR) is 207 cm³/mol. The molecule has 0 unspecified atom stereocenters. The van der Waals surface area contributed by atoms with Crippen LogP contribution in [0.1, 0.15) is 18.3 Å². The highest BCUT2D eigenvalue weighted by molar-refractivity contribution is 5.97. The number of benzene rings is 6. The quantitative estimate of drug-likeness (QED) is 0.164. The Morgan fingerprint density at radius 1 is 0.571 bits per heavy atom. The first-order chi connectivity index (χ1) is 24.0. The summed E-state index contributed by atoms with van der Waals surface area (Å²) >= 11 is 0. The van der Waals surface area contributed by atoms with Crippen molar-refractivity contribution in [1.29, 1.82) is 0 Å². The Kier molecular flexibility index (Phi) is 7.62. The number of hydrogen-bond acceptors (Lipinski definition) is 2. The SMILES string of the molecule is C=C(/C=C\C(=C/C)c1nc2ccccc2n1C)c1ccc(-c2cc3ccccc3cc2-c2ccc(-c3nc4ccccc4n3C)cc2)cc1. The molecule has 0 radical (unpaired) electrons. The van der Waals surface area contributed by atoms with E-state index in [1.54, 1.807) is 0 Å². The molecule has 236 valence electrons. The highest BCUT2D eigenvalue weighted by Gasteiger charge is 2.14. The molecular weight excluding hydrogens is 597 g/mol. The topological polar surface area (TPSA) is 35.6 Å². The van der Waals surface area contributed by atoms with Gasteiger partial charge in [0.05, 0.1) is 22.1 Å². The van der Waals surface area contributed by atoms with Gasteiger partial charge in [-0.2, -0.15) is 0 Å². The van der Waals surface area contributed by atoms with Crippen LogP contribution in [0.25, 0.3) is 77.6 Å². The lowest BCUT2D eigenvalue weighted by molar-refractivity contribution is 0.923. The number of fused-ring (bicyclic) bond motifs is 3. The number of nitrogens with zero attached hydrogens (tertiary/aromatic N) is 4. The maximum absolute atomic E-state index is 4.91. The lowest BCUT2D eigenvalue weighted by Gasteiger charge is -2.14. The molecule has 0 atom stereocenters. The molecule has 6 aromatic carbocycles.